The molecule has 0 atom stereocenters. The van der Waals surface area contributed by atoms with Crippen LogP contribution in [0.25, 0.3) is 90.1 Å². The fraction of sp³-hybridized carbons (Fsp3) is 0. The topological polar surface area (TPSA) is 4.93 Å². The van der Waals surface area contributed by atoms with E-state index in [9.17, 15) is 0 Å². The average molecular weight is 608 g/mol. The van der Waals surface area contributed by atoms with E-state index in [2.05, 4.69) is 156 Å². The molecule has 210 valence electrons. The standard InChI is InChI=1S/C42H25NS2/c1-4-13-37-31(8-1)35-24-36-33-10-3-5-14-39(33)44-41(36)25-38(35)43(37)29-22-20-27(21-23-29)26-16-18-28(19-17-26)30-11-7-12-34-32-9-2-6-15-40(32)45-42(30)34/h1-25H. The average Bonchev–Trinajstić information content (AvgIpc) is 3.76. The summed E-state index contributed by atoms with van der Waals surface area (Å²) in [6, 6.07) is 55.8. The van der Waals surface area contributed by atoms with Crippen molar-refractivity contribution >= 4 is 84.8 Å². The first kappa shape index (κ1) is 25.1. The fourth-order valence-electron chi connectivity index (χ4n) is 7.09. The Morgan fingerprint density at radius 2 is 0.956 bits per heavy atom. The maximum Gasteiger partial charge on any atom is 0.0555 e. The summed E-state index contributed by atoms with van der Waals surface area (Å²) < 4.78 is 7.79. The molecule has 10 rings (SSSR count). The van der Waals surface area contributed by atoms with Crippen molar-refractivity contribution in [3.05, 3.63) is 152 Å². The molecule has 0 aliphatic heterocycles. The number of hydrogen-bond acceptors (Lipinski definition) is 2. The molecule has 10 aromatic rings. The van der Waals surface area contributed by atoms with Crippen LogP contribution in [0.5, 0.6) is 0 Å². The van der Waals surface area contributed by atoms with Gasteiger partial charge in [0.15, 0.2) is 0 Å². The Balaban J connectivity index is 1.05. The zero-order valence-electron chi connectivity index (χ0n) is 24.2. The van der Waals surface area contributed by atoms with Gasteiger partial charge in [-0.2, -0.15) is 0 Å². The van der Waals surface area contributed by atoms with Crippen LogP contribution in [-0.2, 0) is 0 Å². The van der Waals surface area contributed by atoms with Crippen molar-refractivity contribution in [3.8, 4) is 27.9 Å². The van der Waals surface area contributed by atoms with Crippen molar-refractivity contribution in [1.29, 1.82) is 0 Å². The van der Waals surface area contributed by atoms with Gasteiger partial charge in [-0.15, -0.1) is 22.7 Å². The van der Waals surface area contributed by atoms with Gasteiger partial charge in [-0.3, -0.25) is 0 Å². The Morgan fingerprint density at radius 3 is 1.73 bits per heavy atom. The van der Waals surface area contributed by atoms with E-state index >= 15 is 0 Å². The Hall–Kier alpha value is -5.22. The summed E-state index contributed by atoms with van der Waals surface area (Å²) in [7, 11) is 0. The van der Waals surface area contributed by atoms with Crippen LogP contribution in [0.3, 0.4) is 0 Å². The van der Waals surface area contributed by atoms with E-state index < -0.39 is 0 Å². The molecule has 3 heteroatoms. The van der Waals surface area contributed by atoms with Crippen molar-refractivity contribution in [1.82, 2.24) is 4.57 Å². The third-order valence-corrected chi connectivity index (χ3v) is 11.6. The lowest BCUT2D eigenvalue weighted by Crippen LogP contribution is -1.93. The number of aromatic nitrogens is 1. The quantitative estimate of drug-likeness (QED) is 0.188. The van der Waals surface area contributed by atoms with Gasteiger partial charge >= 0.3 is 0 Å². The first-order valence-corrected chi connectivity index (χ1v) is 16.9. The Kier molecular flexibility index (Phi) is 5.39. The van der Waals surface area contributed by atoms with Crippen LogP contribution in [0.2, 0.25) is 0 Å². The smallest absolute Gasteiger partial charge is 0.0555 e. The van der Waals surface area contributed by atoms with Crippen molar-refractivity contribution in [2.45, 2.75) is 0 Å². The summed E-state index contributed by atoms with van der Waals surface area (Å²) in [6.45, 7) is 0. The molecule has 0 spiro atoms. The normalized spacial score (nSPS) is 12.0. The van der Waals surface area contributed by atoms with Crippen LogP contribution < -0.4 is 0 Å². The van der Waals surface area contributed by atoms with Gasteiger partial charge in [-0.25, -0.2) is 0 Å². The number of para-hydroxylation sites is 1. The van der Waals surface area contributed by atoms with Gasteiger partial charge in [0.2, 0.25) is 0 Å². The van der Waals surface area contributed by atoms with Crippen LogP contribution in [0.1, 0.15) is 0 Å². The molecule has 7 aromatic carbocycles. The van der Waals surface area contributed by atoms with E-state index in [1.807, 2.05) is 22.7 Å². The number of nitrogens with zero attached hydrogens (tertiary/aromatic N) is 1. The number of rotatable bonds is 3. The van der Waals surface area contributed by atoms with Crippen molar-refractivity contribution < 1.29 is 0 Å². The molecule has 0 aliphatic rings. The van der Waals surface area contributed by atoms with Crippen molar-refractivity contribution in [2.75, 3.05) is 0 Å². The van der Waals surface area contributed by atoms with Gasteiger partial charge in [-0.1, -0.05) is 109 Å². The highest BCUT2D eigenvalue weighted by molar-refractivity contribution is 7.26. The van der Waals surface area contributed by atoms with Crippen LogP contribution in [0, 0.1) is 0 Å². The number of benzene rings is 7. The first-order chi connectivity index (χ1) is 22.3. The summed E-state index contributed by atoms with van der Waals surface area (Å²) >= 11 is 3.76. The molecule has 1 nitrogen and oxygen atoms in total. The highest BCUT2D eigenvalue weighted by atomic mass is 32.1. The van der Waals surface area contributed by atoms with Crippen LogP contribution in [-0.4, -0.2) is 4.57 Å². The highest BCUT2D eigenvalue weighted by Gasteiger charge is 2.16. The lowest BCUT2D eigenvalue weighted by molar-refractivity contribution is 1.18. The second kappa shape index (κ2) is 9.64. The third-order valence-electron chi connectivity index (χ3n) is 9.23. The van der Waals surface area contributed by atoms with Gasteiger partial charge in [0.25, 0.3) is 0 Å². The minimum absolute atomic E-state index is 1.18. The second-order valence-corrected chi connectivity index (χ2v) is 13.9. The van der Waals surface area contributed by atoms with Gasteiger partial charge in [-0.05, 0) is 64.7 Å². The number of hydrogen-bond donors (Lipinski definition) is 0. The second-order valence-electron chi connectivity index (χ2n) is 11.7. The molecule has 0 saturated carbocycles. The molecular weight excluding hydrogens is 583 g/mol. The summed E-state index contributed by atoms with van der Waals surface area (Å²) in [5.41, 5.74) is 8.67. The number of thiophene rings is 2. The highest BCUT2D eigenvalue weighted by Crippen LogP contribution is 2.42. The molecule has 3 heterocycles. The predicted molar refractivity (Wildman–Crippen MR) is 197 cm³/mol. The molecule has 0 bridgehead atoms. The van der Waals surface area contributed by atoms with E-state index in [0.29, 0.717) is 0 Å². The predicted octanol–water partition coefficient (Wildman–Crippen LogP) is 12.9. The molecule has 0 saturated heterocycles. The summed E-state index contributed by atoms with van der Waals surface area (Å²) in [4.78, 5) is 0. The fourth-order valence-corrected chi connectivity index (χ4v) is 9.44. The van der Waals surface area contributed by atoms with Gasteiger partial charge in [0.05, 0.1) is 11.0 Å². The first-order valence-electron chi connectivity index (χ1n) is 15.3. The van der Waals surface area contributed by atoms with E-state index in [0.717, 1.165) is 0 Å². The lowest BCUT2D eigenvalue weighted by Gasteiger charge is -2.10. The van der Waals surface area contributed by atoms with E-state index in [4.69, 9.17) is 0 Å². The maximum absolute atomic E-state index is 2.42. The monoisotopic (exact) mass is 607 g/mol. The molecule has 0 aliphatic carbocycles. The molecule has 0 unspecified atom stereocenters. The van der Waals surface area contributed by atoms with E-state index in [1.54, 1.807) is 0 Å². The Morgan fingerprint density at radius 1 is 0.356 bits per heavy atom. The zero-order chi connectivity index (χ0) is 29.5. The van der Waals surface area contributed by atoms with E-state index in [-0.39, 0.29) is 0 Å². The molecule has 45 heavy (non-hydrogen) atoms. The van der Waals surface area contributed by atoms with Gasteiger partial charge < -0.3 is 4.57 Å². The Bertz CT molecular complexity index is 2740. The Labute approximate surface area is 267 Å². The van der Waals surface area contributed by atoms with Gasteiger partial charge in [0, 0.05) is 56.8 Å². The summed E-state index contributed by atoms with van der Waals surface area (Å²) in [5, 5.41) is 7.95. The third kappa shape index (κ3) is 3.78. The largest absolute Gasteiger partial charge is 0.309 e. The van der Waals surface area contributed by atoms with Crippen LogP contribution in [0.15, 0.2) is 152 Å². The van der Waals surface area contributed by atoms with Crippen LogP contribution >= 0.6 is 22.7 Å². The zero-order valence-corrected chi connectivity index (χ0v) is 25.8. The molecular formula is C42H25NS2. The minimum Gasteiger partial charge on any atom is -0.309 e. The lowest BCUT2D eigenvalue weighted by atomic mass is 9.99. The summed E-state index contributed by atoms with van der Waals surface area (Å²) in [5.74, 6) is 0. The van der Waals surface area contributed by atoms with Crippen LogP contribution in [0.4, 0.5) is 0 Å². The molecule has 0 radical (unpaired) electrons. The molecule has 0 N–H and O–H groups in total. The minimum atomic E-state index is 1.18. The SMILES string of the molecule is c1ccc2c(c1)sc1cc3c(cc12)c1ccccc1n3-c1ccc(-c2ccc(-c3cccc4c3sc3ccccc34)cc2)cc1. The summed E-state index contributed by atoms with van der Waals surface area (Å²) in [6.07, 6.45) is 0. The van der Waals surface area contributed by atoms with E-state index in [1.165, 1.54) is 90.1 Å². The molecule has 3 aromatic heterocycles. The van der Waals surface area contributed by atoms with Crippen molar-refractivity contribution in [3.63, 3.8) is 0 Å². The van der Waals surface area contributed by atoms with Gasteiger partial charge in [0.1, 0.15) is 0 Å². The van der Waals surface area contributed by atoms with Crippen molar-refractivity contribution in [2.24, 2.45) is 0 Å². The molecule has 0 amide bonds. The number of fused-ring (bicyclic) bond motifs is 9. The molecule has 0 fully saturated rings. The maximum atomic E-state index is 2.42.